The van der Waals surface area contributed by atoms with Gasteiger partial charge in [-0.1, -0.05) is 0 Å². The lowest BCUT2D eigenvalue weighted by Crippen LogP contribution is -2.30. The first-order valence-electron chi connectivity index (χ1n) is 5.23. The highest BCUT2D eigenvalue weighted by Crippen LogP contribution is 2.24. The summed E-state index contributed by atoms with van der Waals surface area (Å²) in [6.07, 6.45) is 5.36. The normalized spacial score (nSPS) is 13.4. The predicted octanol–water partition coefficient (Wildman–Crippen LogP) is 1.00. The van der Waals surface area contributed by atoms with E-state index < -0.39 is 17.8 Å². The number of carboxylic acids is 1. The number of rotatable bonds is 3. The maximum atomic E-state index is 11.9. The van der Waals surface area contributed by atoms with Crippen LogP contribution in [0.2, 0.25) is 0 Å². The largest absolute Gasteiger partial charge is 0.478 e. The molecule has 0 saturated heterocycles. The van der Waals surface area contributed by atoms with Crippen LogP contribution in [-0.4, -0.2) is 34.3 Å². The van der Waals surface area contributed by atoms with Crippen LogP contribution in [0.4, 0.5) is 0 Å². The van der Waals surface area contributed by atoms with Gasteiger partial charge in [0.15, 0.2) is 0 Å². The van der Waals surface area contributed by atoms with Crippen molar-refractivity contribution < 1.29 is 19.5 Å². The van der Waals surface area contributed by atoms with Gasteiger partial charge in [-0.2, -0.15) is 0 Å². The van der Waals surface area contributed by atoms with Crippen molar-refractivity contribution in [3.05, 3.63) is 34.9 Å². The van der Waals surface area contributed by atoms with Crippen molar-refractivity contribution in [3.63, 3.8) is 0 Å². The van der Waals surface area contributed by atoms with Gasteiger partial charge in [0.1, 0.15) is 0 Å². The Hall–Kier alpha value is -2.61. The van der Waals surface area contributed by atoms with Gasteiger partial charge in [-0.15, -0.1) is 12.3 Å². The minimum absolute atomic E-state index is 0.0197. The Morgan fingerprint density at radius 3 is 2.56 bits per heavy atom. The summed E-state index contributed by atoms with van der Waals surface area (Å²) in [5.74, 6) is 0.292. The van der Waals surface area contributed by atoms with E-state index in [2.05, 4.69) is 5.92 Å². The van der Waals surface area contributed by atoms with Crippen LogP contribution in [-0.2, 0) is 0 Å². The standard InChI is InChI=1S/C13H9NO4/c1-2-3-6-14-11(15)9-5-4-8(13(17)18)7-10(9)12(14)16/h1,4-5,7H,3,6H2,(H,17,18). The smallest absolute Gasteiger partial charge is 0.335 e. The van der Waals surface area contributed by atoms with Crippen molar-refractivity contribution >= 4 is 17.8 Å². The maximum Gasteiger partial charge on any atom is 0.335 e. The second-order valence-electron chi connectivity index (χ2n) is 3.78. The molecule has 2 amide bonds. The topological polar surface area (TPSA) is 74.7 Å². The minimum atomic E-state index is -1.14. The number of hydrogen-bond acceptors (Lipinski definition) is 3. The Kier molecular flexibility index (Phi) is 2.86. The number of hydrogen-bond donors (Lipinski definition) is 1. The number of carboxylic acid groups (broad SMARTS) is 1. The van der Waals surface area contributed by atoms with Crippen molar-refractivity contribution in [2.45, 2.75) is 6.42 Å². The quantitative estimate of drug-likeness (QED) is 0.635. The van der Waals surface area contributed by atoms with E-state index in [1.165, 1.54) is 18.2 Å². The number of terminal acetylenes is 1. The number of fused-ring (bicyclic) bond motifs is 1. The molecule has 1 heterocycles. The summed E-state index contributed by atoms with van der Waals surface area (Å²) in [5, 5.41) is 8.84. The van der Waals surface area contributed by atoms with Crippen molar-refractivity contribution in [2.24, 2.45) is 0 Å². The molecule has 0 aliphatic carbocycles. The fourth-order valence-electron chi connectivity index (χ4n) is 1.80. The molecule has 0 bridgehead atoms. The van der Waals surface area contributed by atoms with Crippen molar-refractivity contribution in [1.82, 2.24) is 4.90 Å². The van der Waals surface area contributed by atoms with Crippen molar-refractivity contribution in [2.75, 3.05) is 6.54 Å². The van der Waals surface area contributed by atoms with E-state index in [0.29, 0.717) is 0 Å². The molecule has 18 heavy (non-hydrogen) atoms. The molecule has 0 saturated carbocycles. The Labute approximate surface area is 103 Å². The summed E-state index contributed by atoms with van der Waals surface area (Å²) in [6, 6.07) is 3.87. The summed E-state index contributed by atoms with van der Waals surface area (Å²) in [7, 11) is 0. The molecule has 1 aromatic rings. The summed E-state index contributed by atoms with van der Waals surface area (Å²) in [6.45, 7) is 0.144. The van der Waals surface area contributed by atoms with Crippen LogP contribution in [0.3, 0.4) is 0 Å². The molecule has 0 fully saturated rings. The second-order valence-corrected chi connectivity index (χ2v) is 3.78. The lowest BCUT2D eigenvalue weighted by atomic mass is 10.1. The highest BCUT2D eigenvalue weighted by atomic mass is 16.4. The number of carbonyl (C=O) groups is 3. The Bertz CT molecular complexity index is 597. The van der Waals surface area contributed by atoms with Gasteiger partial charge in [0.05, 0.1) is 16.7 Å². The zero-order chi connectivity index (χ0) is 13.3. The summed E-state index contributed by atoms with van der Waals surface area (Å²) in [4.78, 5) is 35.7. The average molecular weight is 243 g/mol. The van der Waals surface area contributed by atoms with Crippen LogP contribution >= 0.6 is 0 Å². The van der Waals surface area contributed by atoms with Crippen molar-refractivity contribution in [3.8, 4) is 12.3 Å². The predicted molar refractivity (Wildman–Crippen MR) is 62.2 cm³/mol. The van der Waals surface area contributed by atoms with Gasteiger partial charge >= 0.3 is 5.97 Å². The minimum Gasteiger partial charge on any atom is -0.478 e. The average Bonchev–Trinajstić information content (AvgIpc) is 2.59. The fraction of sp³-hybridized carbons (Fsp3) is 0.154. The molecule has 1 aliphatic rings. The maximum absolute atomic E-state index is 11.9. The first-order chi connectivity index (χ1) is 8.56. The zero-order valence-electron chi connectivity index (χ0n) is 9.34. The Morgan fingerprint density at radius 1 is 1.28 bits per heavy atom. The number of benzene rings is 1. The number of nitrogens with zero attached hydrogens (tertiary/aromatic N) is 1. The summed E-state index contributed by atoms with van der Waals surface area (Å²) in [5.41, 5.74) is 0.327. The SMILES string of the molecule is C#CCCN1C(=O)c2ccc(C(=O)O)cc2C1=O. The lowest BCUT2D eigenvalue weighted by Gasteiger charge is -2.10. The number of amides is 2. The van der Waals surface area contributed by atoms with E-state index in [1.54, 1.807) is 0 Å². The van der Waals surface area contributed by atoms with Gasteiger partial charge in [0.25, 0.3) is 11.8 Å². The van der Waals surface area contributed by atoms with Crippen LogP contribution in [0, 0.1) is 12.3 Å². The van der Waals surface area contributed by atoms with Gasteiger partial charge in [-0.3, -0.25) is 14.5 Å². The summed E-state index contributed by atoms with van der Waals surface area (Å²) >= 11 is 0. The van der Waals surface area contributed by atoms with E-state index in [-0.39, 0.29) is 29.7 Å². The van der Waals surface area contributed by atoms with Crippen molar-refractivity contribution in [1.29, 1.82) is 0 Å². The van der Waals surface area contributed by atoms with Crippen LogP contribution in [0.25, 0.3) is 0 Å². The third-order valence-corrected chi connectivity index (χ3v) is 2.70. The first-order valence-corrected chi connectivity index (χ1v) is 5.23. The molecule has 0 spiro atoms. The molecule has 2 rings (SSSR count). The van der Waals surface area contributed by atoms with Gasteiger partial charge in [-0.25, -0.2) is 4.79 Å². The van der Waals surface area contributed by atoms with Gasteiger partial charge in [0.2, 0.25) is 0 Å². The molecule has 0 atom stereocenters. The fourth-order valence-corrected chi connectivity index (χ4v) is 1.80. The number of imide groups is 1. The monoisotopic (exact) mass is 243 g/mol. The Balaban J connectivity index is 2.40. The van der Waals surface area contributed by atoms with E-state index in [9.17, 15) is 14.4 Å². The molecule has 0 radical (unpaired) electrons. The van der Waals surface area contributed by atoms with E-state index in [1.807, 2.05) is 0 Å². The molecular weight excluding hydrogens is 234 g/mol. The Morgan fingerprint density at radius 2 is 1.94 bits per heavy atom. The van der Waals surface area contributed by atoms with E-state index in [4.69, 9.17) is 11.5 Å². The van der Waals surface area contributed by atoms with E-state index in [0.717, 1.165) is 4.90 Å². The van der Waals surface area contributed by atoms with Gasteiger partial charge < -0.3 is 5.11 Å². The highest BCUT2D eigenvalue weighted by Gasteiger charge is 2.35. The molecule has 5 heteroatoms. The summed E-state index contributed by atoms with van der Waals surface area (Å²) < 4.78 is 0. The molecule has 1 aromatic carbocycles. The first kappa shape index (κ1) is 11.9. The zero-order valence-corrected chi connectivity index (χ0v) is 9.34. The third kappa shape index (κ3) is 1.74. The van der Waals surface area contributed by atoms with Crippen LogP contribution in [0.5, 0.6) is 0 Å². The lowest BCUT2D eigenvalue weighted by molar-refractivity contribution is 0.0655. The third-order valence-electron chi connectivity index (χ3n) is 2.70. The van der Waals surface area contributed by atoms with Crippen LogP contribution < -0.4 is 0 Å². The van der Waals surface area contributed by atoms with Gasteiger partial charge in [0, 0.05) is 13.0 Å². The number of carbonyl (C=O) groups excluding carboxylic acids is 2. The van der Waals surface area contributed by atoms with Crippen LogP contribution in [0.15, 0.2) is 18.2 Å². The molecule has 0 unspecified atom stereocenters. The molecule has 1 aliphatic heterocycles. The molecule has 90 valence electrons. The second kappa shape index (κ2) is 4.34. The number of aromatic carboxylic acids is 1. The molecular formula is C13H9NO4. The molecule has 1 N–H and O–H groups in total. The molecule has 0 aromatic heterocycles. The highest BCUT2D eigenvalue weighted by molar-refractivity contribution is 6.21. The van der Waals surface area contributed by atoms with Gasteiger partial charge in [-0.05, 0) is 18.2 Å². The van der Waals surface area contributed by atoms with E-state index >= 15 is 0 Å². The molecule has 5 nitrogen and oxygen atoms in total. The van der Waals surface area contributed by atoms with Crippen LogP contribution in [0.1, 0.15) is 37.5 Å².